The lowest BCUT2D eigenvalue weighted by atomic mass is 10.0. The first kappa shape index (κ1) is 14.2. The SMILES string of the molecule is Cc1ccccc1[C@@H](C)NCC(=O)NCCC#N. The van der Waals surface area contributed by atoms with Crippen molar-refractivity contribution in [3.63, 3.8) is 0 Å². The van der Waals surface area contributed by atoms with E-state index in [1.807, 2.05) is 25.1 Å². The first-order chi connectivity index (χ1) is 8.65. The van der Waals surface area contributed by atoms with Gasteiger partial charge < -0.3 is 10.6 Å². The summed E-state index contributed by atoms with van der Waals surface area (Å²) in [7, 11) is 0. The fraction of sp³-hybridized carbons (Fsp3) is 0.429. The fourth-order valence-electron chi connectivity index (χ4n) is 1.75. The molecule has 0 saturated heterocycles. The summed E-state index contributed by atoms with van der Waals surface area (Å²) in [5.74, 6) is -0.0781. The van der Waals surface area contributed by atoms with E-state index < -0.39 is 0 Å². The molecule has 4 heteroatoms. The van der Waals surface area contributed by atoms with Crippen molar-refractivity contribution in [2.45, 2.75) is 26.3 Å². The predicted molar refractivity (Wildman–Crippen MR) is 70.8 cm³/mol. The minimum atomic E-state index is -0.0781. The van der Waals surface area contributed by atoms with E-state index >= 15 is 0 Å². The van der Waals surface area contributed by atoms with Crippen LogP contribution in [0.5, 0.6) is 0 Å². The van der Waals surface area contributed by atoms with Crippen molar-refractivity contribution in [2.75, 3.05) is 13.1 Å². The smallest absolute Gasteiger partial charge is 0.234 e. The van der Waals surface area contributed by atoms with Gasteiger partial charge in [-0.05, 0) is 25.0 Å². The molecule has 0 saturated carbocycles. The minimum absolute atomic E-state index is 0.0781. The number of hydrogen-bond donors (Lipinski definition) is 2. The topological polar surface area (TPSA) is 64.9 Å². The Balaban J connectivity index is 2.38. The van der Waals surface area contributed by atoms with Crippen molar-refractivity contribution in [3.05, 3.63) is 35.4 Å². The molecule has 0 aromatic heterocycles. The van der Waals surface area contributed by atoms with Crippen LogP contribution in [-0.2, 0) is 4.79 Å². The van der Waals surface area contributed by atoms with Gasteiger partial charge in [0.25, 0.3) is 0 Å². The van der Waals surface area contributed by atoms with Crippen LogP contribution in [0.25, 0.3) is 0 Å². The number of benzene rings is 1. The van der Waals surface area contributed by atoms with Crippen LogP contribution in [0.15, 0.2) is 24.3 Å². The molecule has 2 N–H and O–H groups in total. The second kappa shape index (κ2) is 7.46. The number of rotatable bonds is 6. The zero-order valence-electron chi connectivity index (χ0n) is 10.9. The zero-order chi connectivity index (χ0) is 13.4. The molecule has 0 fully saturated rings. The van der Waals surface area contributed by atoms with Crippen LogP contribution in [0.3, 0.4) is 0 Å². The van der Waals surface area contributed by atoms with Gasteiger partial charge in [-0.3, -0.25) is 4.79 Å². The van der Waals surface area contributed by atoms with Crippen LogP contribution in [0, 0.1) is 18.3 Å². The van der Waals surface area contributed by atoms with Crippen molar-refractivity contribution in [1.29, 1.82) is 5.26 Å². The zero-order valence-corrected chi connectivity index (χ0v) is 10.9. The monoisotopic (exact) mass is 245 g/mol. The number of carbonyl (C=O) groups excluding carboxylic acids is 1. The molecule has 4 nitrogen and oxygen atoms in total. The van der Waals surface area contributed by atoms with E-state index in [1.165, 1.54) is 11.1 Å². The van der Waals surface area contributed by atoms with Gasteiger partial charge in [0.05, 0.1) is 19.0 Å². The summed E-state index contributed by atoms with van der Waals surface area (Å²) in [5.41, 5.74) is 2.41. The lowest BCUT2D eigenvalue weighted by molar-refractivity contribution is -0.120. The second-order valence-corrected chi connectivity index (χ2v) is 4.22. The van der Waals surface area contributed by atoms with Crippen LogP contribution in [0.1, 0.15) is 30.5 Å². The summed E-state index contributed by atoms with van der Waals surface area (Å²) in [6.45, 7) is 4.77. The molecule has 0 aliphatic rings. The number of aryl methyl sites for hydroxylation is 1. The largest absolute Gasteiger partial charge is 0.354 e. The highest BCUT2D eigenvalue weighted by atomic mass is 16.1. The third-order valence-corrected chi connectivity index (χ3v) is 2.78. The van der Waals surface area contributed by atoms with Crippen LogP contribution in [0.2, 0.25) is 0 Å². The van der Waals surface area contributed by atoms with Crippen LogP contribution in [0.4, 0.5) is 0 Å². The Labute approximate surface area is 108 Å². The molecule has 0 aliphatic heterocycles. The Bertz CT molecular complexity index is 437. The van der Waals surface area contributed by atoms with Crippen molar-refractivity contribution in [1.82, 2.24) is 10.6 Å². The molecule has 0 heterocycles. The fourth-order valence-corrected chi connectivity index (χ4v) is 1.75. The third-order valence-electron chi connectivity index (χ3n) is 2.78. The number of carbonyl (C=O) groups is 1. The highest BCUT2D eigenvalue weighted by Gasteiger charge is 2.08. The van der Waals surface area contributed by atoms with Gasteiger partial charge in [-0.1, -0.05) is 24.3 Å². The molecule has 0 aliphatic carbocycles. The highest BCUT2D eigenvalue weighted by molar-refractivity contribution is 5.78. The molecule has 1 amide bonds. The molecule has 96 valence electrons. The molecule has 0 radical (unpaired) electrons. The van der Waals surface area contributed by atoms with Gasteiger partial charge in [0, 0.05) is 12.6 Å². The van der Waals surface area contributed by atoms with Gasteiger partial charge in [-0.2, -0.15) is 5.26 Å². The molecule has 1 aromatic carbocycles. The number of nitrogens with zero attached hydrogens (tertiary/aromatic N) is 1. The van der Waals surface area contributed by atoms with Gasteiger partial charge in [0.2, 0.25) is 5.91 Å². The summed E-state index contributed by atoms with van der Waals surface area (Å²) in [4.78, 5) is 11.5. The standard InChI is InChI=1S/C14H19N3O/c1-11-6-3-4-7-13(11)12(2)17-10-14(18)16-9-5-8-15/h3-4,6-7,12,17H,5,9-10H2,1-2H3,(H,16,18)/t12-/m1/s1. The first-order valence-electron chi connectivity index (χ1n) is 6.07. The Morgan fingerprint density at radius 2 is 2.17 bits per heavy atom. The minimum Gasteiger partial charge on any atom is -0.354 e. The average molecular weight is 245 g/mol. The molecule has 1 rings (SSSR count). The van der Waals surface area contributed by atoms with Crippen LogP contribution >= 0.6 is 0 Å². The van der Waals surface area contributed by atoms with Crippen molar-refractivity contribution >= 4 is 5.91 Å². The van der Waals surface area contributed by atoms with Crippen molar-refractivity contribution in [2.24, 2.45) is 0 Å². The van der Waals surface area contributed by atoms with Gasteiger partial charge >= 0.3 is 0 Å². The van der Waals surface area contributed by atoms with Crippen molar-refractivity contribution in [3.8, 4) is 6.07 Å². The maximum Gasteiger partial charge on any atom is 0.234 e. The Morgan fingerprint density at radius 3 is 2.83 bits per heavy atom. The molecule has 0 bridgehead atoms. The number of amides is 1. The van der Waals surface area contributed by atoms with E-state index in [0.717, 1.165) is 0 Å². The summed E-state index contributed by atoms with van der Waals surface area (Å²) in [6.07, 6.45) is 0.346. The second-order valence-electron chi connectivity index (χ2n) is 4.22. The Kier molecular flexibility index (Phi) is 5.89. The van der Waals surface area contributed by atoms with Gasteiger partial charge in [0.15, 0.2) is 0 Å². The Hall–Kier alpha value is -1.86. The quantitative estimate of drug-likeness (QED) is 0.749. The van der Waals surface area contributed by atoms with Gasteiger partial charge in [-0.15, -0.1) is 0 Å². The van der Waals surface area contributed by atoms with E-state index in [4.69, 9.17) is 5.26 Å². The summed E-state index contributed by atoms with van der Waals surface area (Å²) in [6, 6.07) is 10.2. The molecule has 1 aromatic rings. The van der Waals surface area contributed by atoms with Gasteiger partial charge in [-0.25, -0.2) is 0 Å². The maximum atomic E-state index is 11.5. The predicted octanol–water partition coefficient (Wildman–Crippen LogP) is 1.68. The van der Waals surface area contributed by atoms with Crippen LogP contribution < -0.4 is 10.6 Å². The summed E-state index contributed by atoms with van der Waals surface area (Å²) < 4.78 is 0. The van der Waals surface area contributed by atoms with E-state index in [0.29, 0.717) is 13.0 Å². The van der Waals surface area contributed by atoms with Crippen molar-refractivity contribution < 1.29 is 4.79 Å². The summed E-state index contributed by atoms with van der Waals surface area (Å²) >= 11 is 0. The van der Waals surface area contributed by atoms with E-state index in [9.17, 15) is 4.79 Å². The highest BCUT2D eigenvalue weighted by Crippen LogP contribution is 2.15. The van der Waals surface area contributed by atoms with E-state index in [-0.39, 0.29) is 18.5 Å². The molecular formula is C14H19N3O. The normalized spacial score (nSPS) is 11.6. The number of nitriles is 1. The molecule has 18 heavy (non-hydrogen) atoms. The third kappa shape index (κ3) is 4.56. The number of hydrogen-bond acceptors (Lipinski definition) is 3. The molecular weight excluding hydrogens is 226 g/mol. The maximum absolute atomic E-state index is 11.5. The van der Waals surface area contributed by atoms with E-state index in [2.05, 4.69) is 29.7 Å². The van der Waals surface area contributed by atoms with Crippen LogP contribution in [-0.4, -0.2) is 19.0 Å². The molecule has 0 unspecified atom stereocenters. The first-order valence-corrected chi connectivity index (χ1v) is 6.07. The van der Waals surface area contributed by atoms with Gasteiger partial charge in [0.1, 0.15) is 0 Å². The summed E-state index contributed by atoms with van der Waals surface area (Å²) in [5, 5.41) is 14.2. The lowest BCUT2D eigenvalue weighted by Gasteiger charge is -2.16. The Morgan fingerprint density at radius 1 is 1.44 bits per heavy atom. The molecule has 1 atom stereocenters. The average Bonchev–Trinajstić information content (AvgIpc) is 2.37. The number of nitrogens with one attached hydrogen (secondary N) is 2. The lowest BCUT2D eigenvalue weighted by Crippen LogP contribution is -2.35. The molecule has 0 spiro atoms. The van der Waals surface area contributed by atoms with E-state index in [1.54, 1.807) is 0 Å².